The summed E-state index contributed by atoms with van der Waals surface area (Å²) in [5.74, 6) is -0.132. The third kappa shape index (κ3) is 3.35. The summed E-state index contributed by atoms with van der Waals surface area (Å²) in [4.78, 5) is 11.9. The Morgan fingerprint density at radius 3 is 2.65 bits per heavy atom. The first-order valence-corrected chi connectivity index (χ1v) is 5.87. The number of carbonyl (C=O) groups excluding carboxylic acids is 1. The fourth-order valence-corrected chi connectivity index (χ4v) is 2.28. The topological polar surface area (TPSA) is 55.1 Å². The van der Waals surface area contributed by atoms with E-state index in [2.05, 4.69) is 5.32 Å². The molecule has 17 heavy (non-hydrogen) atoms. The second kappa shape index (κ2) is 6.24. The molecule has 0 aliphatic heterocycles. The van der Waals surface area contributed by atoms with Crippen LogP contribution in [-0.2, 0) is 0 Å². The summed E-state index contributed by atoms with van der Waals surface area (Å²) in [6, 6.07) is 7.20. The molecule has 0 unspecified atom stereocenters. The maximum atomic E-state index is 11.9. The van der Waals surface area contributed by atoms with Crippen molar-refractivity contribution in [3.63, 3.8) is 0 Å². The van der Waals surface area contributed by atoms with Crippen LogP contribution in [0.15, 0.2) is 24.3 Å². The molecular weight excluding hydrogens is 259 g/mol. The number of nitrogens with two attached hydrogens (primary N) is 1. The largest absolute Gasteiger partial charge is 0.348 e. The van der Waals surface area contributed by atoms with Crippen molar-refractivity contribution >= 4 is 29.9 Å². The maximum Gasteiger partial charge on any atom is 0.253 e. The zero-order valence-corrected chi connectivity index (χ0v) is 10.9. The van der Waals surface area contributed by atoms with Crippen LogP contribution in [0.5, 0.6) is 0 Å². The molecule has 0 aromatic heterocycles. The second-order valence-corrected chi connectivity index (χ2v) is 4.56. The van der Waals surface area contributed by atoms with Gasteiger partial charge in [0.25, 0.3) is 5.91 Å². The fourth-order valence-electron chi connectivity index (χ4n) is 2.06. The molecule has 0 saturated heterocycles. The second-order valence-electron chi connectivity index (χ2n) is 4.15. The summed E-state index contributed by atoms with van der Waals surface area (Å²) in [7, 11) is 0. The summed E-state index contributed by atoms with van der Waals surface area (Å²) in [5.41, 5.74) is 6.41. The third-order valence-corrected chi connectivity index (χ3v) is 3.33. The zero-order valence-electron chi connectivity index (χ0n) is 9.36. The van der Waals surface area contributed by atoms with Crippen LogP contribution in [-0.4, -0.2) is 18.0 Å². The highest BCUT2D eigenvalue weighted by atomic mass is 35.5. The van der Waals surface area contributed by atoms with Gasteiger partial charge in [-0.05, 0) is 31.4 Å². The number of amides is 1. The Morgan fingerprint density at radius 2 is 2.06 bits per heavy atom. The van der Waals surface area contributed by atoms with Crippen LogP contribution >= 0.6 is 24.0 Å². The van der Waals surface area contributed by atoms with E-state index in [1.54, 1.807) is 24.3 Å². The molecule has 3 N–H and O–H groups in total. The SMILES string of the molecule is Cl.N[C@H]1CCC[C@@H]1NC(=O)c1ccccc1Cl. The molecule has 0 radical (unpaired) electrons. The van der Waals surface area contributed by atoms with Gasteiger partial charge < -0.3 is 11.1 Å². The molecule has 1 saturated carbocycles. The monoisotopic (exact) mass is 274 g/mol. The van der Waals surface area contributed by atoms with Gasteiger partial charge in [0, 0.05) is 12.1 Å². The quantitative estimate of drug-likeness (QED) is 0.870. The van der Waals surface area contributed by atoms with Crippen molar-refractivity contribution < 1.29 is 4.79 Å². The average molecular weight is 275 g/mol. The van der Waals surface area contributed by atoms with Crippen LogP contribution in [0.1, 0.15) is 29.6 Å². The minimum Gasteiger partial charge on any atom is -0.348 e. The van der Waals surface area contributed by atoms with E-state index in [0.29, 0.717) is 10.6 Å². The molecule has 1 aliphatic rings. The van der Waals surface area contributed by atoms with Crippen LogP contribution in [0.2, 0.25) is 5.02 Å². The Hall–Kier alpha value is -0.770. The van der Waals surface area contributed by atoms with Crippen molar-refractivity contribution in [3.8, 4) is 0 Å². The number of rotatable bonds is 2. The standard InChI is InChI=1S/C12H15ClN2O.ClH/c13-9-5-2-1-4-8(9)12(16)15-11-7-3-6-10(11)14;/h1-2,4-5,10-11H,3,6-7,14H2,(H,15,16);1H/t10-,11-;/m0./s1. The van der Waals surface area contributed by atoms with Crippen LogP contribution < -0.4 is 11.1 Å². The number of halogens is 2. The van der Waals surface area contributed by atoms with Gasteiger partial charge in [-0.2, -0.15) is 0 Å². The van der Waals surface area contributed by atoms with Crippen molar-refractivity contribution in [3.05, 3.63) is 34.9 Å². The molecule has 0 heterocycles. The number of nitrogens with one attached hydrogen (secondary N) is 1. The van der Waals surface area contributed by atoms with E-state index in [1.165, 1.54) is 0 Å². The van der Waals surface area contributed by atoms with Crippen LogP contribution in [0.25, 0.3) is 0 Å². The highest BCUT2D eigenvalue weighted by Gasteiger charge is 2.25. The van der Waals surface area contributed by atoms with Gasteiger partial charge in [0.05, 0.1) is 10.6 Å². The lowest BCUT2D eigenvalue weighted by molar-refractivity contribution is 0.0935. The molecule has 1 aromatic carbocycles. The van der Waals surface area contributed by atoms with E-state index < -0.39 is 0 Å². The number of hydrogen-bond donors (Lipinski definition) is 2. The van der Waals surface area contributed by atoms with E-state index >= 15 is 0 Å². The Bertz CT molecular complexity index is 398. The summed E-state index contributed by atoms with van der Waals surface area (Å²) in [6.07, 6.45) is 3.01. The van der Waals surface area contributed by atoms with E-state index in [9.17, 15) is 4.79 Å². The molecule has 0 spiro atoms. The molecule has 3 nitrogen and oxygen atoms in total. The average Bonchev–Trinajstić information content (AvgIpc) is 2.65. The van der Waals surface area contributed by atoms with Gasteiger partial charge in [-0.1, -0.05) is 23.7 Å². The first-order chi connectivity index (χ1) is 7.68. The van der Waals surface area contributed by atoms with Crippen LogP contribution in [0.4, 0.5) is 0 Å². The lowest BCUT2D eigenvalue weighted by Crippen LogP contribution is -2.44. The predicted octanol–water partition coefficient (Wildman–Crippen LogP) is 2.37. The lowest BCUT2D eigenvalue weighted by Gasteiger charge is -2.17. The fraction of sp³-hybridized carbons (Fsp3) is 0.417. The Morgan fingerprint density at radius 1 is 1.35 bits per heavy atom. The molecule has 1 fully saturated rings. The van der Waals surface area contributed by atoms with Crippen molar-refractivity contribution in [2.24, 2.45) is 5.73 Å². The molecule has 94 valence electrons. The number of carbonyl (C=O) groups is 1. The minimum atomic E-state index is -0.132. The smallest absolute Gasteiger partial charge is 0.253 e. The minimum absolute atomic E-state index is 0. The summed E-state index contributed by atoms with van der Waals surface area (Å²) < 4.78 is 0. The Labute approximate surface area is 112 Å². The normalized spacial score (nSPS) is 22.9. The first kappa shape index (κ1) is 14.3. The van der Waals surface area contributed by atoms with E-state index in [0.717, 1.165) is 19.3 Å². The zero-order chi connectivity index (χ0) is 11.5. The summed E-state index contributed by atoms with van der Waals surface area (Å²) >= 11 is 5.95. The number of hydrogen-bond acceptors (Lipinski definition) is 2. The van der Waals surface area contributed by atoms with E-state index in [-0.39, 0.29) is 30.4 Å². The molecule has 2 atom stereocenters. The van der Waals surface area contributed by atoms with Gasteiger partial charge in [0.15, 0.2) is 0 Å². The Balaban J connectivity index is 0.00000144. The summed E-state index contributed by atoms with van der Waals surface area (Å²) in [5, 5.41) is 3.42. The van der Waals surface area contributed by atoms with Crippen molar-refractivity contribution in [1.82, 2.24) is 5.32 Å². The molecule has 1 aliphatic carbocycles. The van der Waals surface area contributed by atoms with Crippen LogP contribution in [0, 0.1) is 0 Å². The van der Waals surface area contributed by atoms with Gasteiger partial charge in [0.1, 0.15) is 0 Å². The van der Waals surface area contributed by atoms with Crippen molar-refractivity contribution in [2.45, 2.75) is 31.3 Å². The van der Waals surface area contributed by atoms with E-state index in [4.69, 9.17) is 17.3 Å². The molecule has 2 rings (SSSR count). The lowest BCUT2D eigenvalue weighted by atomic mass is 10.1. The van der Waals surface area contributed by atoms with Gasteiger partial charge in [0.2, 0.25) is 0 Å². The predicted molar refractivity (Wildman–Crippen MR) is 71.8 cm³/mol. The van der Waals surface area contributed by atoms with E-state index in [1.807, 2.05) is 0 Å². The first-order valence-electron chi connectivity index (χ1n) is 5.49. The Kier molecular flexibility index (Phi) is 5.25. The summed E-state index contributed by atoms with van der Waals surface area (Å²) in [6.45, 7) is 0. The highest BCUT2D eigenvalue weighted by Crippen LogP contribution is 2.19. The number of benzene rings is 1. The maximum absolute atomic E-state index is 11.9. The molecule has 1 amide bonds. The van der Waals surface area contributed by atoms with Gasteiger partial charge in [-0.15, -0.1) is 12.4 Å². The van der Waals surface area contributed by atoms with Gasteiger partial charge >= 0.3 is 0 Å². The molecule has 0 bridgehead atoms. The van der Waals surface area contributed by atoms with Gasteiger partial charge in [-0.3, -0.25) is 4.79 Å². The van der Waals surface area contributed by atoms with Crippen LogP contribution in [0.3, 0.4) is 0 Å². The van der Waals surface area contributed by atoms with Crippen molar-refractivity contribution in [1.29, 1.82) is 0 Å². The van der Waals surface area contributed by atoms with Gasteiger partial charge in [-0.25, -0.2) is 0 Å². The molecule has 5 heteroatoms. The highest BCUT2D eigenvalue weighted by molar-refractivity contribution is 6.33. The molecular formula is C12H16Cl2N2O. The third-order valence-electron chi connectivity index (χ3n) is 3.00. The van der Waals surface area contributed by atoms with Crippen molar-refractivity contribution in [2.75, 3.05) is 0 Å². The molecule has 1 aromatic rings.